The van der Waals surface area contributed by atoms with Crippen LogP contribution in [0.1, 0.15) is 32.6 Å². The molecule has 152 valence electrons. The van der Waals surface area contributed by atoms with E-state index in [1.165, 1.54) is 19.3 Å². The van der Waals surface area contributed by atoms with Gasteiger partial charge < -0.3 is 9.64 Å². The van der Waals surface area contributed by atoms with Gasteiger partial charge in [-0.05, 0) is 67.1 Å². The second-order valence-corrected chi connectivity index (χ2v) is 8.40. The average Bonchev–Trinajstić information content (AvgIpc) is 2.76. The summed E-state index contributed by atoms with van der Waals surface area (Å²) in [5, 5.41) is 0. The molecule has 3 aromatic carbocycles. The number of nitrogens with zero attached hydrogens (tertiary/aromatic N) is 1. The molecule has 1 atom stereocenters. The number of benzene rings is 3. The number of rotatable bonds is 10. The van der Waals surface area contributed by atoms with Gasteiger partial charge in [-0.3, -0.25) is 4.21 Å². The lowest BCUT2D eigenvalue weighted by Crippen LogP contribution is -2.10. The van der Waals surface area contributed by atoms with Gasteiger partial charge in [-0.15, -0.1) is 0 Å². The van der Waals surface area contributed by atoms with Crippen molar-refractivity contribution < 1.29 is 8.95 Å². The van der Waals surface area contributed by atoms with Gasteiger partial charge in [-0.2, -0.15) is 0 Å². The van der Waals surface area contributed by atoms with Gasteiger partial charge >= 0.3 is 0 Å². The van der Waals surface area contributed by atoms with Crippen LogP contribution in [-0.2, 0) is 10.8 Å². The quantitative estimate of drug-likeness (QED) is 0.344. The molecule has 0 saturated heterocycles. The average molecular weight is 408 g/mol. The van der Waals surface area contributed by atoms with E-state index in [0.29, 0.717) is 0 Å². The number of anilines is 3. The van der Waals surface area contributed by atoms with E-state index in [2.05, 4.69) is 36.1 Å². The van der Waals surface area contributed by atoms with Crippen LogP contribution in [0.4, 0.5) is 17.1 Å². The Hall–Kier alpha value is -2.59. The Balaban J connectivity index is 1.80. The van der Waals surface area contributed by atoms with E-state index in [9.17, 15) is 4.21 Å². The van der Waals surface area contributed by atoms with Crippen molar-refractivity contribution in [1.29, 1.82) is 0 Å². The fourth-order valence-electron chi connectivity index (χ4n) is 3.22. The van der Waals surface area contributed by atoms with E-state index in [1.807, 2.05) is 54.6 Å². The van der Waals surface area contributed by atoms with Crippen molar-refractivity contribution in [3.05, 3.63) is 78.9 Å². The molecule has 0 spiro atoms. The molecule has 3 nitrogen and oxygen atoms in total. The van der Waals surface area contributed by atoms with Crippen LogP contribution >= 0.6 is 0 Å². The first-order valence-corrected chi connectivity index (χ1v) is 11.8. The lowest BCUT2D eigenvalue weighted by molar-refractivity contribution is 0.305. The summed E-state index contributed by atoms with van der Waals surface area (Å²) in [5.41, 5.74) is 3.16. The predicted molar refractivity (Wildman–Crippen MR) is 123 cm³/mol. The zero-order valence-corrected chi connectivity index (χ0v) is 18.0. The molecule has 0 bridgehead atoms. The minimum atomic E-state index is -0.983. The number of para-hydroxylation sites is 1. The molecular weight excluding hydrogens is 378 g/mol. The van der Waals surface area contributed by atoms with Gasteiger partial charge in [-0.25, -0.2) is 0 Å². The smallest absolute Gasteiger partial charge is 0.119 e. The van der Waals surface area contributed by atoms with Crippen molar-refractivity contribution in [2.75, 3.05) is 17.8 Å². The summed E-state index contributed by atoms with van der Waals surface area (Å²) in [4.78, 5) is 3.02. The van der Waals surface area contributed by atoms with Crippen LogP contribution in [0.15, 0.2) is 83.8 Å². The predicted octanol–water partition coefficient (Wildman–Crippen LogP) is 6.85. The van der Waals surface area contributed by atoms with Crippen molar-refractivity contribution >= 4 is 27.9 Å². The van der Waals surface area contributed by atoms with Crippen molar-refractivity contribution in [1.82, 2.24) is 0 Å². The zero-order valence-electron chi connectivity index (χ0n) is 17.2. The molecular formula is C25H29NO2S. The van der Waals surface area contributed by atoms with Crippen LogP contribution in [0.25, 0.3) is 0 Å². The maximum Gasteiger partial charge on any atom is 0.119 e. The van der Waals surface area contributed by atoms with Gasteiger partial charge in [0.25, 0.3) is 0 Å². The third kappa shape index (κ3) is 5.94. The molecule has 3 aromatic rings. The molecule has 0 radical (unpaired) electrons. The highest BCUT2D eigenvalue weighted by Crippen LogP contribution is 2.35. The highest BCUT2D eigenvalue weighted by atomic mass is 32.2. The molecule has 0 aromatic heterocycles. The number of hydrogen-bond donors (Lipinski definition) is 0. The van der Waals surface area contributed by atoms with Crippen LogP contribution in [-0.4, -0.2) is 17.1 Å². The first-order chi connectivity index (χ1) is 14.2. The molecule has 0 amide bonds. The summed E-state index contributed by atoms with van der Waals surface area (Å²) in [5.74, 6) is 0.898. The summed E-state index contributed by atoms with van der Waals surface area (Å²) >= 11 is 0. The lowest BCUT2D eigenvalue weighted by atomic mass is 10.2. The molecule has 4 heteroatoms. The first-order valence-electron chi connectivity index (χ1n) is 10.2. The van der Waals surface area contributed by atoms with Crippen LogP contribution < -0.4 is 9.64 Å². The summed E-state index contributed by atoms with van der Waals surface area (Å²) in [7, 11) is -0.983. The molecule has 1 unspecified atom stereocenters. The lowest BCUT2D eigenvalue weighted by Gasteiger charge is -2.25. The Morgan fingerprint density at radius 2 is 1.34 bits per heavy atom. The van der Waals surface area contributed by atoms with Crippen molar-refractivity contribution in [2.24, 2.45) is 0 Å². The van der Waals surface area contributed by atoms with Gasteiger partial charge in [0, 0.05) is 39.0 Å². The molecule has 0 saturated carbocycles. The van der Waals surface area contributed by atoms with E-state index in [0.717, 1.165) is 40.7 Å². The van der Waals surface area contributed by atoms with E-state index in [-0.39, 0.29) is 0 Å². The maximum absolute atomic E-state index is 11.7. The van der Waals surface area contributed by atoms with E-state index >= 15 is 0 Å². The topological polar surface area (TPSA) is 29.5 Å². The van der Waals surface area contributed by atoms with Crippen LogP contribution in [0, 0.1) is 0 Å². The molecule has 0 aliphatic carbocycles. The standard InChI is InChI=1S/C25H29NO2S/c1-3-4-5-9-20-28-24-16-12-22(13-17-24)26(21-10-7-6-8-11-21)23-14-18-25(19-15-23)29(2)27/h6-8,10-19H,3-5,9,20H2,1-2H3. The molecule has 0 aliphatic rings. The maximum atomic E-state index is 11.7. The van der Waals surface area contributed by atoms with Gasteiger partial charge in [0.2, 0.25) is 0 Å². The molecule has 0 fully saturated rings. The number of unbranched alkanes of at least 4 members (excludes halogenated alkanes) is 3. The summed E-state index contributed by atoms with van der Waals surface area (Å²) in [6.07, 6.45) is 6.51. The van der Waals surface area contributed by atoms with Gasteiger partial charge in [0.15, 0.2) is 0 Å². The SMILES string of the molecule is CCCCCCOc1ccc(N(c2ccccc2)c2ccc(S(C)=O)cc2)cc1. The number of hydrogen-bond acceptors (Lipinski definition) is 3. The monoisotopic (exact) mass is 407 g/mol. The van der Waals surface area contributed by atoms with Crippen molar-refractivity contribution in [3.63, 3.8) is 0 Å². The van der Waals surface area contributed by atoms with Gasteiger partial charge in [0.1, 0.15) is 5.75 Å². The second-order valence-electron chi connectivity index (χ2n) is 7.02. The Morgan fingerprint density at radius 3 is 1.93 bits per heavy atom. The van der Waals surface area contributed by atoms with Crippen molar-refractivity contribution in [3.8, 4) is 5.75 Å². The summed E-state index contributed by atoms with van der Waals surface area (Å²) in [6, 6.07) is 26.4. The Labute approximate surface area is 176 Å². The molecule has 0 aliphatic heterocycles. The Morgan fingerprint density at radius 1 is 0.759 bits per heavy atom. The van der Waals surface area contributed by atoms with Crippen LogP contribution in [0.5, 0.6) is 5.75 Å². The number of ether oxygens (including phenoxy) is 1. The summed E-state index contributed by atoms with van der Waals surface area (Å²) < 4.78 is 17.6. The highest BCUT2D eigenvalue weighted by molar-refractivity contribution is 7.84. The third-order valence-corrected chi connectivity index (χ3v) is 5.74. The van der Waals surface area contributed by atoms with E-state index < -0.39 is 10.8 Å². The molecule has 3 rings (SSSR count). The Bertz CT molecular complexity index is 892. The molecule has 29 heavy (non-hydrogen) atoms. The Kier molecular flexibility index (Phi) is 7.88. The first kappa shape index (κ1) is 21.1. The van der Waals surface area contributed by atoms with Crippen LogP contribution in [0.3, 0.4) is 0 Å². The van der Waals surface area contributed by atoms with Crippen molar-refractivity contribution in [2.45, 2.75) is 37.5 Å². The van der Waals surface area contributed by atoms with Gasteiger partial charge in [-0.1, -0.05) is 44.4 Å². The summed E-state index contributed by atoms with van der Waals surface area (Å²) in [6.45, 7) is 2.98. The highest BCUT2D eigenvalue weighted by Gasteiger charge is 2.12. The van der Waals surface area contributed by atoms with Crippen LogP contribution in [0.2, 0.25) is 0 Å². The normalized spacial score (nSPS) is 11.8. The minimum absolute atomic E-state index is 0.761. The van der Waals surface area contributed by atoms with E-state index in [1.54, 1.807) is 6.26 Å². The molecule has 0 heterocycles. The second kappa shape index (κ2) is 10.8. The largest absolute Gasteiger partial charge is 0.494 e. The fourth-order valence-corrected chi connectivity index (χ4v) is 3.74. The third-order valence-electron chi connectivity index (χ3n) is 4.80. The fraction of sp³-hybridized carbons (Fsp3) is 0.280. The zero-order chi connectivity index (χ0) is 20.5. The minimum Gasteiger partial charge on any atom is -0.494 e. The molecule has 0 N–H and O–H groups in total. The van der Waals surface area contributed by atoms with E-state index in [4.69, 9.17) is 4.74 Å². The van der Waals surface area contributed by atoms with Gasteiger partial charge in [0.05, 0.1) is 6.61 Å².